The molecule has 3 rings (SSSR count). The molecule has 2 aromatic rings. The zero-order chi connectivity index (χ0) is 18.9. The van der Waals surface area contributed by atoms with Crippen LogP contribution in [0.3, 0.4) is 0 Å². The molecule has 1 saturated heterocycles. The van der Waals surface area contributed by atoms with Gasteiger partial charge in [-0.2, -0.15) is 4.31 Å². The van der Waals surface area contributed by atoms with Crippen molar-refractivity contribution in [2.45, 2.75) is 18.7 Å². The van der Waals surface area contributed by atoms with Crippen LogP contribution in [0.5, 0.6) is 0 Å². The fraction of sp³-hybridized carbons (Fsp3) is 0.333. The zero-order valence-corrected chi connectivity index (χ0v) is 15.5. The van der Waals surface area contributed by atoms with Crippen LogP contribution in [0.1, 0.15) is 21.5 Å². The molecule has 8 heteroatoms. The Bertz CT molecular complexity index is 935. The van der Waals surface area contributed by atoms with E-state index < -0.39 is 16.0 Å². The first kappa shape index (κ1) is 18.3. The second kappa shape index (κ2) is 7.05. The summed E-state index contributed by atoms with van der Waals surface area (Å²) in [6.07, 6.45) is 1.54. The van der Waals surface area contributed by atoms with E-state index in [0.29, 0.717) is 23.8 Å². The highest BCUT2D eigenvalue weighted by Gasteiger charge is 2.31. The molecule has 7 nitrogen and oxygen atoms in total. The molecule has 1 aliphatic heterocycles. The van der Waals surface area contributed by atoms with Gasteiger partial charge in [-0.3, -0.25) is 0 Å². The number of aryl methyl sites for hydroxylation is 2. The van der Waals surface area contributed by atoms with Gasteiger partial charge in [0.25, 0.3) is 0 Å². The minimum atomic E-state index is -3.57. The van der Waals surface area contributed by atoms with Crippen LogP contribution in [0.2, 0.25) is 0 Å². The number of piperazine rings is 1. The summed E-state index contributed by atoms with van der Waals surface area (Å²) in [5, 5.41) is 9.31. The Hall–Kier alpha value is -2.45. The van der Waals surface area contributed by atoms with Crippen molar-refractivity contribution in [1.82, 2.24) is 9.29 Å². The maximum atomic E-state index is 12.9. The maximum Gasteiger partial charge on any atom is 0.339 e. The van der Waals surface area contributed by atoms with E-state index in [2.05, 4.69) is 4.98 Å². The van der Waals surface area contributed by atoms with Gasteiger partial charge in [-0.25, -0.2) is 18.2 Å². The predicted molar refractivity (Wildman–Crippen MR) is 98.1 cm³/mol. The topological polar surface area (TPSA) is 90.8 Å². The first-order valence-corrected chi connectivity index (χ1v) is 9.75. The van der Waals surface area contributed by atoms with Gasteiger partial charge in [-0.15, -0.1) is 0 Å². The zero-order valence-electron chi connectivity index (χ0n) is 14.7. The van der Waals surface area contributed by atoms with Gasteiger partial charge < -0.3 is 10.0 Å². The number of carboxylic acid groups (broad SMARTS) is 1. The number of hydrogen-bond donors (Lipinski definition) is 1. The molecule has 0 atom stereocenters. The molecule has 1 fully saturated rings. The van der Waals surface area contributed by atoms with Crippen LogP contribution in [-0.2, 0) is 10.0 Å². The first-order valence-electron chi connectivity index (χ1n) is 8.31. The van der Waals surface area contributed by atoms with E-state index in [-0.39, 0.29) is 18.7 Å². The molecule has 1 aromatic carbocycles. The van der Waals surface area contributed by atoms with Crippen LogP contribution in [0.25, 0.3) is 0 Å². The van der Waals surface area contributed by atoms with Crippen LogP contribution in [0.15, 0.2) is 41.4 Å². The Morgan fingerprint density at radius 3 is 2.42 bits per heavy atom. The molecule has 0 spiro atoms. The van der Waals surface area contributed by atoms with Crippen LogP contribution in [-0.4, -0.2) is 55.0 Å². The minimum absolute atomic E-state index is 0.123. The van der Waals surface area contributed by atoms with Crippen LogP contribution >= 0.6 is 0 Å². The summed E-state index contributed by atoms with van der Waals surface area (Å²) < 4.78 is 27.3. The number of anilines is 1. The quantitative estimate of drug-likeness (QED) is 0.878. The second-order valence-electron chi connectivity index (χ2n) is 6.34. The summed E-state index contributed by atoms with van der Waals surface area (Å²) in [5.74, 6) is -0.665. The lowest BCUT2D eigenvalue weighted by molar-refractivity contribution is 0.0697. The van der Waals surface area contributed by atoms with Gasteiger partial charge in [-0.05, 0) is 37.6 Å². The molecular formula is C18H21N3O4S. The van der Waals surface area contributed by atoms with Gasteiger partial charge in [0.15, 0.2) is 0 Å². The van der Waals surface area contributed by atoms with Gasteiger partial charge >= 0.3 is 5.97 Å². The summed E-state index contributed by atoms with van der Waals surface area (Å²) in [5.41, 5.74) is 1.87. The monoisotopic (exact) mass is 375 g/mol. The molecule has 0 unspecified atom stereocenters. The average molecular weight is 375 g/mol. The summed E-state index contributed by atoms with van der Waals surface area (Å²) >= 11 is 0. The van der Waals surface area contributed by atoms with Crippen molar-refractivity contribution in [3.63, 3.8) is 0 Å². The molecule has 0 radical (unpaired) electrons. The molecule has 1 aliphatic rings. The van der Waals surface area contributed by atoms with Gasteiger partial charge in [0.2, 0.25) is 10.0 Å². The molecule has 0 amide bonds. The number of pyridine rings is 1. The smallest absolute Gasteiger partial charge is 0.339 e. The molecule has 138 valence electrons. The minimum Gasteiger partial charge on any atom is -0.478 e. The fourth-order valence-corrected chi connectivity index (χ4v) is 4.81. The molecule has 26 heavy (non-hydrogen) atoms. The van der Waals surface area contributed by atoms with E-state index in [4.69, 9.17) is 0 Å². The van der Waals surface area contributed by atoms with E-state index >= 15 is 0 Å². The molecule has 1 N–H and O–H groups in total. The van der Waals surface area contributed by atoms with Crippen molar-refractivity contribution in [3.05, 3.63) is 53.2 Å². The predicted octanol–water partition coefficient (Wildman–Crippen LogP) is 1.91. The van der Waals surface area contributed by atoms with Gasteiger partial charge in [0, 0.05) is 32.4 Å². The number of hydrogen-bond acceptors (Lipinski definition) is 5. The fourth-order valence-electron chi connectivity index (χ4n) is 3.18. The van der Waals surface area contributed by atoms with Gasteiger partial charge in [0.05, 0.1) is 4.90 Å². The lowest BCUT2D eigenvalue weighted by Gasteiger charge is -2.35. The highest BCUT2D eigenvalue weighted by atomic mass is 32.2. The van der Waals surface area contributed by atoms with E-state index in [0.717, 1.165) is 11.1 Å². The lowest BCUT2D eigenvalue weighted by atomic mass is 10.2. The largest absolute Gasteiger partial charge is 0.478 e. The van der Waals surface area contributed by atoms with Crippen molar-refractivity contribution < 1.29 is 18.3 Å². The Morgan fingerprint density at radius 2 is 1.81 bits per heavy atom. The molecule has 2 heterocycles. The molecule has 1 aromatic heterocycles. The van der Waals surface area contributed by atoms with Crippen molar-refractivity contribution in [1.29, 1.82) is 0 Å². The Balaban J connectivity index is 1.79. The number of rotatable bonds is 4. The van der Waals surface area contributed by atoms with E-state index in [1.54, 1.807) is 31.3 Å². The van der Waals surface area contributed by atoms with Crippen LogP contribution in [0.4, 0.5) is 5.82 Å². The molecule has 0 saturated carbocycles. The Morgan fingerprint density at radius 1 is 1.12 bits per heavy atom. The Kier molecular flexibility index (Phi) is 4.97. The standard InChI is InChI=1S/C18H21N3O4S/c1-13-5-6-16(14(2)12-13)26(24,25)21-10-8-20(9-11-21)17-15(18(22)23)4-3-7-19-17/h3-7,12H,8-11H2,1-2H3,(H,22,23). The normalized spacial score (nSPS) is 15.8. The molecule has 0 aliphatic carbocycles. The third kappa shape index (κ3) is 3.42. The maximum absolute atomic E-state index is 12.9. The highest BCUT2D eigenvalue weighted by Crippen LogP contribution is 2.24. The summed E-state index contributed by atoms with van der Waals surface area (Å²) in [6, 6.07) is 8.38. The third-order valence-electron chi connectivity index (χ3n) is 4.50. The number of benzene rings is 1. The third-order valence-corrected chi connectivity index (χ3v) is 6.56. The average Bonchev–Trinajstić information content (AvgIpc) is 2.61. The first-order chi connectivity index (χ1) is 12.3. The Labute approximate surface area is 152 Å². The van der Waals surface area contributed by atoms with E-state index in [1.807, 2.05) is 17.9 Å². The highest BCUT2D eigenvalue weighted by molar-refractivity contribution is 7.89. The van der Waals surface area contributed by atoms with Gasteiger partial charge in [-0.1, -0.05) is 17.7 Å². The number of carboxylic acids is 1. The van der Waals surface area contributed by atoms with Crippen molar-refractivity contribution in [3.8, 4) is 0 Å². The number of sulfonamides is 1. The van der Waals surface area contributed by atoms with Crippen LogP contribution in [0, 0.1) is 13.8 Å². The molecular weight excluding hydrogens is 354 g/mol. The van der Waals surface area contributed by atoms with Crippen molar-refractivity contribution >= 4 is 21.8 Å². The van der Waals surface area contributed by atoms with E-state index in [9.17, 15) is 18.3 Å². The number of carbonyl (C=O) groups is 1. The summed E-state index contributed by atoms with van der Waals surface area (Å²) in [4.78, 5) is 17.7. The SMILES string of the molecule is Cc1ccc(S(=O)(=O)N2CCN(c3ncccc3C(=O)O)CC2)c(C)c1. The number of nitrogens with zero attached hydrogens (tertiary/aromatic N) is 3. The van der Waals surface area contributed by atoms with Crippen molar-refractivity contribution in [2.75, 3.05) is 31.1 Å². The van der Waals surface area contributed by atoms with Crippen LogP contribution < -0.4 is 4.90 Å². The molecule has 0 bridgehead atoms. The number of aromatic nitrogens is 1. The van der Waals surface area contributed by atoms with E-state index in [1.165, 1.54) is 10.4 Å². The summed E-state index contributed by atoms with van der Waals surface area (Å²) in [7, 11) is -3.57. The second-order valence-corrected chi connectivity index (χ2v) is 8.25. The number of aromatic carboxylic acids is 1. The van der Waals surface area contributed by atoms with Gasteiger partial charge in [0.1, 0.15) is 11.4 Å². The lowest BCUT2D eigenvalue weighted by Crippen LogP contribution is -2.49. The van der Waals surface area contributed by atoms with Crippen molar-refractivity contribution in [2.24, 2.45) is 0 Å². The summed E-state index contributed by atoms with van der Waals surface area (Å²) in [6.45, 7) is 5.07.